The zero-order valence-electron chi connectivity index (χ0n) is 10.7. The van der Waals surface area contributed by atoms with Crippen molar-refractivity contribution in [3.05, 3.63) is 38.5 Å². The van der Waals surface area contributed by atoms with E-state index in [4.69, 9.17) is 23.2 Å². The maximum absolute atomic E-state index is 6.15. The van der Waals surface area contributed by atoms with E-state index in [2.05, 4.69) is 40.1 Å². The third kappa shape index (κ3) is 3.75. The lowest BCUT2D eigenvalue weighted by Crippen LogP contribution is -2.19. The van der Waals surface area contributed by atoms with Gasteiger partial charge in [0, 0.05) is 24.4 Å². The molecule has 102 valence electrons. The second-order valence-corrected chi connectivity index (χ2v) is 6.07. The van der Waals surface area contributed by atoms with Crippen molar-refractivity contribution in [2.45, 2.75) is 19.4 Å². The fourth-order valence-corrected chi connectivity index (χ4v) is 3.10. The Kier molecular flexibility index (Phi) is 4.91. The molecule has 2 N–H and O–H groups in total. The first-order valence-electron chi connectivity index (χ1n) is 5.93. The van der Waals surface area contributed by atoms with Gasteiger partial charge in [-0.05, 0) is 24.4 Å². The number of halogens is 2. The number of hydrogen-bond donors (Lipinski definition) is 2. The Morgan fingerprint density at radius 1 is 1.32 bits per heavy atom. The molecule has 1 unspecified atom stereocenters. The molecular formula is C13H15Cl2N3S. The van der Waals surface area contributed by atoms with Gasteiger partial charge in [-0.1, -0.05) is 29.3 Å². The van der Waals surface area contributed by atoms with Gasteiger partial charge in [0.2, 0.25) is 0 Å². The summed E-state index contributed by atoms with van der Waals surface area (Å²) in [6, 6.07) is 6.12. The van der Waals surface area contributed by atoms with Crippen LogP contribution < -0.4 is 10.6 Å². The first-order valence-corrected chi connectivity index (χ1v) is 7.56. The molecule has 2 heterocycles. The highest BCUT2D eigenvalue weighted by molar-refractivity contribution is 7.09. The summed E-state index contributed by atoms with van der Waals surface area (Å²) in [5.41, 5.74) is 0. The van der Waals surface area contributed by atoms with Gasteiger partial charge in [-0.3, -0.25) is 0 Å². The summed E-state index contributed by atoms with van der Waals surface area (Å²) in [4.78, 5) is 5.71. The number of pyridine rings is 1. The summed E-state index contributed by atoms with van der Waals surface area (Å²) in [6.07, 6.45) is 0.938. The summed E-state index contributed by atoms with van der Waals surface area (Å²) in [5, 5.41) is 9.38. The van der Waals surface area contributed by atoms with Gasteiger partial charge in [0.05, 0.1) is 10.0 Å². The molecule has 0 aliphatic rings. The highest BCUT2D eigenvalue weighted by atomic mass is 35.5. The van der Waals surface area contributed by atoms with Crippen molar-refractivity contribution in [3.8, 4) is 0 Å². The van der Waals surface area contributed by atoms with Gasteiger partial charge in [0.1, 0.15) is 11.6 Å². The number of rotatable bonds is 5. The maximum Gasteiger partial charge on any atom is 0.147 e. The Labute approximate surface area is 127 Å². The largest absolute Gasteiger partial charge is 0.372 e. The van der Waals surface area contributed by atoms with Gasteiger partial charge in [-0.15, -0.1) is 11.3 Å². The normalized spacial score (nSPS) is 12.2. The second-order valence-electron chi connectivity index (χ2n) is 4.23. The van der Waals surface area contributed by atoms with Crippen molar-refractivity contribution in [2.24, 2.45) is 0 Å². The number of hydrogen-bond acceptors (Lipinski definition) is 4. The number of anilines is 2. The zero-order chi connectivity index (χ0) is 13.8. The molecule has 6 heteroatoms. The summed E-state index contributed by atoms with van der Waals surface area (Å²) in [5.74, 6) is 1.27. The van der Waals surface area contributed by atoms with E-state index in [0.29, 0.717) is 21.7 Å². The molecule has 0 aliphatic heterocycles. The molecule has 0 radical (unpaired) electrons. The lowest BCUT2D eigenvalue weighted by atomic mass is 10.2. The van der Waals surface area contributed by atoms with Crippen molar-refractivity contribution in [3.63, 3.8) is 0 Å². The average Bonchev–Trinajstić information content (AvgIpc) is 2.85. The first-order chi connectivity index (χ1) is 9.10. The Hall–Kier alpha value is -0.970. The summed E-state index contributed by atoms with van der Waals surface area (Å²) >= 11 is 13.9. The fraction of sp³-hybridized carbons (Fsp3) is 0.308. The molecule has 0 amide bonds. The van der Waals surface area contributed by atoms with E-state index in [1.165, 1.54) is 4.88 Å². The Morgan fingerprint density at radius 2 is 2.05 bits per heavy atom. The van der Waals surface area contributed by atoms with Crippen LogP contribution in [0.4, 0.5) is 11.6 Å². The highest BCUT2D eigenvalue weighted by Gasteiger charge is 2.11. The number of thiophene rings is 1. The van der Waals surface area contributed by atoms with Crippen molar-refractivity contribution in [1.29, 1.82) is 0 Å². The molecule has 2 aromatic rings. The van der Waals surface area contributed by atoms with E-state index in [1.807, 2.05) is 0 Å². The molecule has 0 fully saturated rings. The van der Waals surface area contributed by atoms with Crippen LogP contribution in [0.3, 0.4) is 0 Å². The van der Waals surface area contributed by atoms with Crippen LogP contribution in [-0.2, 0) is 6.42 Å². The fourth-order valence-electron chi connectivity index (χ4n) is 1.76. The number of aromatic nitrogens is 1. The van der Waals surface area contributed by atoms with Gasteiger partial charge in [0.15, 0.2) is 0 Å². The minimum Gasteiger partial charge on any atom is -0.372 e. The van der Waals surface area contributed by atoms with E-state index >= 15 is 0 Å². The molecule has 19 heavy (non-hydrogen) atoms. The van der Waals surface area contributed by atoms with E-state index in [9.17, 15) is 0 Å². The Balaban J connectivity index is 2.09. The van der Waals surface area contributed by atoms with Crippen LogP contribution in [0.2, 0.25) is 10.0 Å². The highest BCUT2D eigenvalue weighted by Crippen LogP contribution is 2.29. The zero-order valence-corrected chi connectivity index (χ0v) is 13.0. The smallest absolute Gasteiger partial charge is 0.147 e. The van der Waals surface area contributed by atoms with Crippen LogP contribution >= 0.6 is 34.5 Å². The van der Waals surface area contributed by atoms with Gasteiger partial charge >= 0.3 is 0 Å². The third-order valence-electron chi connectivity index (χ3n) is 2.64. The Bertz CT molecular complexity index is 543. The summed E-state index contributed by atoms with van der Waals surface area (Å²) < 4.78 is 0. The van der Waals surface area contributed by atoms with Crippen molar-refractivity contribution < 1.29 is 0 Å². The standard InChI is InChI=1S/C13H15Cl2N3S/c1-8(6-9-4-3-5-19-9)17-13-11(15)7-10(14)12(16-2)18-13/h3-5,7-8H,6H2,1-2H3,(H2,16,17,18). The Morgan fingerprint density at radius 3 is 2.68 bits per heavy atom. The topological polar surface area (TPSA) is 37.0 Å². The minimum atomic E-state index is 0.245. The van der Waals surface area contributed by atoms with Crippen LogP contribution in [0.5, 0.6) is 0 Å². The quantitative estimate of drug-likeness (QED) is 0.850. The third-order valence-corrected chi connectivity index (χ3v) is 4.11. The van der Waals surface area contributed by atoms with Crippen LogP contribution in [0, 0.1) is 0 Å². The molecule has 1 atom stereocenters. The van der Waals surface area contributed by atoms with E-state index in [-0.39, 0.29) is 6.04 Å². The predicted molar refractivity (Wildman–Crippen MR) is 84.9 cm³/mol. The van der Waals surface area contributed by atoms with E-state index < -0.39 is 0 Å². The van der Waals surface area contributed by atoms with E-state index in [0.717, 1.165) is 6.42 Å². The molecule has 2 aromatic heterocycles. The van der Waals surface area contributed by atoms with Crippen molar-refractivity contribution >= 4 is 46.2 Å². The maximum atomic E-state index is 6.15. The lowest BCUT2D eigenvalue weighted by molar-refractivity contribution is 0.795. The monoisotopic (exact) mass is 315 g/mol. The van der Waals surface area contributed by atoms with Crippen molar-refractivity contribution in [1.82, 2.24) is 4.98 Å². The van der Waals surface area contributed by atoms with Crippen LogP contribution in [-0.4, -0.2) is 18.1 Å². The molecule has 0 saturated heterocycles. The minimum absolute atomic E-state index is 0.245. The molecule has 0 spiro atoms. The average molecular weight is 316 g/mol. The molecule has 0 aromatic carbocycles. The summed E-state index contributed by atoms with van der Waals surface area (Å²) in [7, 11) is 1.78. The van der Waals surface area contributed by atoms with Gasteiger partial charge in [-0.25, -0.2) is 4.98 Å². The van der Waals surface area contributed by atoms with Crippen LogP contribution in [0.25, 0.3) is 0 Å². The van der Waals surface area contributed by atoms with Gasteiger partial charge in [0.25, 0.3) is 0 Å². The lowest BCUT2D eigenvalue weighted by Gasteiger charge is -2.16. The molecule has 2 rings (SSSR count). The summed E-state index contributed by atoms with van der Waals surface area (Å²) in [6.45, 7) is 2.10. The second kappa shape index (κ2) is 6.46. The first kappa shape index (κ1) is 14.4. The van der Waals surface area contributed by atoms with Gasteiger partial charge in [-0.2, -0.15) is 0 Å². The number of nitrogens with zero attached hydrogens (tertiary/aromatic N) is 1. The van der Waals surface area contributed by atoms with Crippen LogP contribution in [0.15, 0.2) is 23.6 Å². The predicted octanol–water partition coefficient (Wildman–Crippen LogP) is 4.53. The van der Waals surface area contributed by atoms with Gasteiger partial charge < -0.3 is 10.6 Å². The number of nitrogens with one attached hydrogen (secondary N) is 2. The SMILES string of the molecule is CNc1nc(NC(C)Cc2cccs2)c(Cl)cc1Cl. The van der Waals surface area contributed by atoms with Crippen molar-refractivity contribution in [2.75, 3.05) is 17.7 Å². The molecule has 3 nitrogen and oxygen atoms in total. The molecule has 0 aliphatic carbocycles. The molecule has 0 saturated carbocycles. The van der Waals surface area contributed by atoms with E-state index in [1.54, 1.807) is 24.5 Å². The van der Waals surface area contributed by atoms with Crippen LogP contribution in [0.1, 0.15) is 11.8 Å². The molecule has 0 bridgehead atoms. The molecular weight excluding hydrogens is 301 g/mol.